The number of rotatable bonds is 0. The number of hydrogen-bond donors (Lipinski definition) is 2. The second-order valence-corrected chi connectivity index (χ2v) is 4.17. The van der Waals surface area contributed by atoms with E-state index in [9.17, 15) is 4.79 Å². The number of amidine groups is 1. The first-order chi connectivity index (χ1) is 6.11. The Labute approximate surface area is 80.1 Å². The van der Waals surface area contributed by atoms with Crippen molar-refractivity contribution in [2.24, 2.45) is 10.8 Å². The van der Waals surface area contributed by atoms with Gasteiger partial charge in [0.25, 0.3) is 0 Å². The summed E-state index contributed by atoms with van der Waals surface area (Å²) in [6.07, 6.45) is -0.0743. The molecule has 0 aromatic rings. The first-order valence-corrected chi connectivity index (χ1v) is 4.74. The number of carbonyl (C=O) groups excluding carboxylic acids is 1. The molecule has 0 spiro atoms. The summed E-state index contributed by atoms with van der Waals surface area (Å²) in [5.41, 5.74) is 8.38. The first-order valence-electron chi connectivity index (χ1n) is 3.86. The van der Waals surface area contributed by atoms with Crippen LogP contribution in [0.25, 0.3) is 0 Å². The number of hydrogen-bond acceptors (Lipinski definition) is 5. The molecule has 2 aliphatic heterocycles. The highest BCUT2D eigenvalue weighted by Crippen LogP contribution is 2.29. The molecule has 6 nitrogen and oxygen atoms in total. The van der Waals surface area contributed by atoms with Crippen molar-refractivity contribution in [1.82, 2.24) is 15.2 Å². The van der Waals surface area contributed by atoms with Crippen molar-refractivity contribution in [2.45, 2.75) is 11.5 Å². The third kappa shape index (κ3) is 1.11. The van der Waals surface area contributed by atoms with Gasteiger partial charge in [0, 0.05) is 14.1 Å². The Morgan fingerprint density at radius 3 is 2.92 bits per heavy atom. The molecule has 7 heteroatoms. The average molecular weight is 201 g/mol. The van der Waals surface area contributed by atoms with Crippen LogP contribution >= 0.6 is 11.8 Å². The Kier molecular flexibility index (Phi) is 1.76. The Hall–Kier alpha value is -1.11. The Balaban J connectivity index is 2.25. The molecular formula is C6H11N5OS. The number of urea groups is 1. The lowest BCUT2D eigenvalue weighted by atomic mass is 10.5. The lowest BCUT2D eigenvalue weighted by Gasteiger charge is -2.27. The fourth-order valence-electron chi connectivity index (χ4n) is 1.45. The quantitative estimate of drug-likeness (QED) is 0.538. The number of nitrogens with one attached hydrogen (secondary N) is 1. The lowest BCUT2D eigenvalue weighted by Crippen LogP contribution is -2.47. The van der Waals surface area contributed by atoms with Gasteiger partial charge in [0.1, 0.15) is 11.5 Å². The highest BCUT2D eigenvalue weighted by molar-refractivity contribution is 8.14. The van der Waals surface area contributed by atoms with E-state index >= 15 is 0 Å². The molecule has 0 radical (unpaired) electrons. The minimum absolute atomic E-state index is 0.0140. The minimum atomic E-state index is -0.0743. The van der Waals surface area contributed by atoms with Crippen LogP contribution in [0.15, 0.2) is 5.10 Å². The molecule has 2 atom stereocenters. The largest absolute Gasteiger partial charge is 0.377 e. The maximum absolute atomic E-state index is 11.5. The number of hydrazone groups is 1. The third-order valence-corrected chi connectivity index (χ3v) is 3.37. The van der Waals surface area contributed by atoms with Crippen molar-refractivity contribution in [3.63, 3.8) is 0 Å². The van der Waals surface area contributed by atoms with Gasteiger partial charge in [-0.3, -0.25) is 5.43 Å². The zero-order valence-electron chi connectivity index (χ0n) is 7.39. The lowest BCUT2D eigenvalue weighted by molar-refractivity contribution is 0.198. The summed E-state index contributed by atoms with van der Waals surface area (Å²) in [5.74, 6) is 0. The van der Waals surface area contributed by atoms with E-state index in [0.717, 1.165) is 0 Å². The summed E-state index contributed by atoms with van der Waals surface area (Å²) in [6.45, 7) is 0. The van der Waals surface area contributed by atoms with Gasteiger partial charge in [0.15, 0.2) is 5.17 Å². The molecule has 0 unspecified atom stereocenters. The maximum Gasteiger partial charge on any atom is 0.322 e. The molecule has 0 aliphatic carbocycles. The fourth-order valence-corrected chi connectivity index (χ4v) is 2.43. The molecule has 1 fully saturated rings. The Morgan fingerprint density at radius 1 is 1.54 bits per heavy atom. The second kappa shape index (κ2) is 2.69. The van der Waals surface area contributed by atoms with E-state index in [0.29, 0.717) is 5.17 Å². The van der Waals surface area contributed by atoms with Gasteiger partial charge >= 0.3 is 6.03 Å². The Morgan fingerprint density at radius 2 is 2.23 bits per heavy atom. The number of nitrogens with two attached hydrogens (primary N) is 1. The van der Waals surface area contributed by atoms with Gasteiger partial charge in [-0.1, -0.05) is 11.8 Å². The van der Waals surface area contributed by atoms with E-state index in [2.05, 4.69) is 10.5 Å². The van der Waals surface area contributed by atoms with E-state index in [1.54, 1.807) is 23.9 Å². The van der Waals surface area contributed by atoms with E-state index < -0.39 is 0 Å². The number of amides is 2. The first kappa shape index (κ1) is 8.49. The minimum Gasteiger partial charge on any atom is -0.377 e. The van der Waals surface area contributed by atoms with Gasteiger partial charge < -0.3 is 15.5 Å². The maximum atomic E-state index is 11.5. The van der Waals surface area contributed by atoms with Crippen molar-refractivity contribution in [1.29, 1.82) is 0 Å². The number of carbonyl (C=O) groups is 1. The number of likely N-dealkylation sites (N-methyl/N-ethyl adjacent to an activating group) is 2. The number of nitrogens with zero attached hydrogens (tertiary/aromatic N) is 3. The molecule has 2 rings (SSSR count). The summed E-state index contributed by atoms with van der Waals surface area (Å²) in [4.78, 5) is 14.8. The van der Waals surface area contributed by atoms with Crippen LogP contribution in [-0.2, 0) is 0 Å². The van der Waals surface area contributed by atoms with E-state index in [1.165, 1.54) is 11.8 Å². The van der Waals surface area contributed by atoms with Gasteiger partial charge in [0.05, 0.1) is 0 Å². The van der Waals surface area contributed by atoms with Crippen molar-refractivity contribution in [2.75, 3.05) is 14.1 Å². The number of thioether (sulfide) groups is 1. The molecule has 13 heavy (non-hydrogen) atoms. The molecule has 72 valence electrons. The van der Waals surface area contributed by atoms with E-state index in [-0.39, 0.29) is 17.6 Å². The Bertz CT molecular complexity index is 280. The molecule has 2 aliphatic rings. The molecule has 1 saturated heterocycles. The molecule has 0 aromatic carbocycles. The summed E-state index contributed by atoms with van der Waals surface area (Å²) in [6, 6.07) is -0.0140. The van der Waals surface area contributed by atoms with E-state index in [1.807, 2.05) is 0 Å². The molecule has 0 aromatic heterocycles. The van der Waals surface area contributed by atoms with Crippen molar-refractivity contribution < 1.29 is 4.79 Å². The van der Waals surface area contributed by atoms with Crippen LogP contribution in [0, 0.1) is 0 Å². The summed E-state index contributed by atoms with van der Waals surface area (Å²) < 4.78 is 0. The summed E-state index contributed by atoms with van der Waals surface area (Å²) in [7, 11) is 3.50. The highest BCUT2D eigenvalue weighted by atomic mass is 32.2. The monoisotopic (exact) mass is 201 g/mol. The standard InChI is InChI=1S/C6H11N5OS/c1-10-3-4(11(2)6(10)12)13-5(7)9-8-3/h3-4,8H,1-2H3,(H2,7,9)/t3-,4+/m0/s1. The fraction of sp³-hybridized carbons (Fsp3) is 0.667. The molecule has 2 heterocycles. The normalized spacial score (nSPS) is 32.8. The van der Waals surface area contributed by atoms with Gasteiger partial charge in [-0.25, -0.2) is 4.79 Å². The van der Waals surface area contributed by atoms with Crippen LogP contribution in [0.2, 0.25) is 0 Å². The summed E-state index contributed by atoms with van der Waals surface area (Å²) in [5, 5.41) is 4.37. The molecule has 0 bridgehead atoms. The van der Waals surface area contributed by atoms with Gasteiger partial charge in [0.2, 0.25) is 0 Å². The second-order valence-electron chi connectivity index (χ2n) is 3.04. The van der Waals surface area contributed by atoms with E-state index in [4.69, 9.17) is 5.73 Å². The topological polar surface area (TPSA) is 74.0 Å². The molecule has 0 saturated carbocycles. The molecule has 3 N–H and O–H groups in total. The predicted octanol–water partition coefficient (Wildman–Crippen LogP) is -0.798. The van der Waals surface area contributed by atoms with Crippen LogP contribution in [0.3, 0.4) is 0 Å². The van der Waals surface area contributed by atoms with Crippen LogP contribution < -0.4 is 11.2 Å². The van der Waals surface area contributed by atoms with Crippen LogP contribution in [0.5, 0.6) is 0 Å². The van der Waals surface area contributed by atoms with Crippen molar-refractivity contribution >= 4 is 23.0 Å². The van der Waals surface area contributed by atoms with Gasteiger partial charge in [-0.15, -0.1) is 0 Å². The van der Waals surface area contributed by atoms with Crippen molar-refractivity contribution in [3.05, 3.63) is 0 Å². The average Bonchev–Trinajstić information content (AvgIpc) is 2.32. The smallest absolute Gasteiger partial charge is 0.322 e. The molecule has 2 amide bonds. The number of fused-ring (bicyclic) bond motifs is 1. The summed E-state index contributed by atoms with van der Waals surface area (Å²) >= 11 is 1.40. The van der Waals surface area contributed by atoms with Crippen LogP contribution in [0.4, 0.5) is 4.79 Å². The SMILES string of the molecule is CN1C(=O)N(C)[C@@H]2SC(N)=NN[C@H]21. The van der Waals surface area contributed by atoms with Crippen LogP contribution in [-0.4, -0.2) is 46.6 Å². The zero-order chi connectivity index (χ0) is 9.59. The molecular weight excluding hydrogens is 190 g/mol. The van der Waals surface area contributed by atoms with Gasteiger partial charge in [-0.05, 0) is 0 Å². The third-order valence-electron chi connectivity index (χ3n) is 2.22. The highest BCUT2D eigenvalue weighted by Gasteiger charge is 2.44. The van der Waals surface area contributed by atoms with Crippen LogP contribution in [0.1, 0.15) is 0 Å². The predicted molar refractivity (Wildman–Crippen MR) is 50.8 cm³/mol. The zero-order valence-corrected chi connectivity index (χ0v) is 8.21. The van der Waals surface area contributed by atoms with Gasteiger partial charge in [-0.2, -0.15) is 5.10 Å². The van der Waals surface area contributed by atoms with Crippen molar-refractivity contribution in [3.8, 4) is 0 Å².